The molecule has 110 valence electrons. The number of carboxylic acids is 1. The average Bonchev–Trinajstić information content (AvgIpc) is 2.25. The maximum Gasteiger partial charge on any atom is 0.305 e. The summed E-state index contributed by atoms with van der Waals surface area (Å²) in [6, 6.07) is 2.56. The topological polar surface area (TPSA) is 79.3 Å². The summed E-state index contributed by atoms with van der Waals surface area (Å²) < 4.78 is 0. The molecule has 0 spiro atoms. The zero-order chi connectivity index (χ0) is 15.3. The molecule has 1 aromatic rings. The maximum absolute atomic E-state index is 12.1. The van der Waals surface area contributed by atoms with Crippen LogP contribution >= 0.6 is 11.6 Å². The molecule has 6 heteroatoms. The largest absolute Gasteiger partial charge is 0.481 e. The van der Waals surface area contributed by atoms with Gasteiger partial charge in [0.05, 0.1) is 6.42 Å². The van der Waals surface area contributed by atoms with Crippen LogP contribution in [-0.4, -0.2) is 28.0 Å². The fraction of sp³-hybridized carbons (Fsp3) is 0.500. The van der Waals surface area contributed by atoms with Gasteiger partial charge in [-0.05, 0) is 24.0 Å². The fourth-order valence-electron chi connectivity index (χ4n) is 1.94. The molecule has 0 aromatic carbocycles. The Morgan fingerprint density at radius 1 is 1.45 bits per heavy atom. The normalized spacial score (nSPS) is 12.8. The van der Waals surface area contributed by atoms with Crippen LogP contribution in [0.5, 0.6) is 0 Å². The van der Waals surface area contributed by atoms with E-state index in [1.807, 2.05) is 20.8 Å². The Morgan fingerprint density at radius 3 is 2.60 bits per heavy atom. The molecule has 0 saturated heterocycles. The molecule has 1 heterocycles. The number of rotatable bonds is 5. The van der Waals surface area contributed by atoms with E-state index in [9.17, 15) is 9.59 Å². The molecule has 20 heavy (non-hydrogen) atoms. The average molecular weight is 299 g/mol. The minimum Gasteiger partial charge on any atom is -0.481 e. The minimum absolute atomic E-state index is 0.0801. The molecule has 1 rings (SSSR count). The summed E-state index contributed by atoms with van der Waals surface area (Å²) in [7, 11) is 0. The van der Waals surface area contributed by atoms with Crippen molar-refractivity contribution >= 4 is 23.5 Å². The molecule has 0 aliphatic heterocycles. The smallest absolute Gasteiger partial charge is 0.305 e. The van der Waals surface area contributed by atoms with E-state index in [2.05, 4.69) is 10.3 Å². The summed E-state index contributed by atoms with van der Waals surface area (Å²) in [5.74, 6) is -1.28. The zero-order valence-electron chi connectivity index (χ0n) is 11.8. The lowest BCUT2D eigenvalue weighted by Gasteiger charge is -2.25. The first kappa shape index (κ1) is 16.4. The van der Waals surface area contributed by atoms with E-state index in [0.717, 1.165) is 0 Å². The highest BCUT2D eigenvalue weighted by molar-refractivity contribution is 6.29. The van der Waals surface area contributed by atoms with Crippen LogP contribution in [-0.2, 0) is 4.79 Å². The van der Waals surface area contributed by atoms with Crippen LogP contribution in [0, 0.1) is 5.41 Å². The number of aromatic nitrogens is 1. The monoisotopic (exact) mass is 298 g/mol. The molecular weight excluding hydrogens is 280 g/mol. The van der Waals surface area contributed by atoms with Gasteiger partial charge in [0.25, 0.3) is 5.91 Å². The number of nitrogens with zero attached hydrogens (tertiary/aromatic N) is 1. The third kappa shape index (κ3) is 6.02. The lowest BCUT2D eigenvalue weighted by molar-refractivity contribution is -0.137. The standard InChI is InChI=1S/C14H19ClN2O3/c1-14(2,3)8-10(7-12(18)19)17-13(20)9-4-5-16-11(15)6-9/h4-6,10H,7-8H2,1-3H3,(H,17,20)(H,18,19). The Kier molecular flexibility index (Phi) is 5.51. The highest BCUT2D eigenvalue weighted by Crippen LogP contribution is 2.22. The van der Waals surface area contributed by atoms with E-state index in [1.54, 1.807) is 0 Å². The Morgan fingerprint density at radius 2 is 2.10 bits per heavy atom. The van der Waals surface area contributed by atoms with E-state index in [1.165, 1.54) is 18.3 Å². The first-order valence-electron chi connectivity index (χ1n) is 6.31. The third-order valence-corrected chi connectivity index (χ3v) is 2.81. The van der Waals surface area contributed by atoms with Gasteiger partial charge < -0.3 is 10.4 Å². The summed E-state index contributed by atoms with van der Waals surface area (Å²) in [4.78, 5) is 26.8. The van der Waals surface area contributed by atoms with Crippen molar-refractivity contribution in [1.29, 1.82) is 0 Å². The van der Waals surface area contributed by atoms with Gasteiger partial charge in [0.15, 0.2) is 0 Å². The van der Waals surface area contributed by atoms with Gasteiger partial charge in [-0.3, -0.25) is 9.59 Å². The molecule has 1 aromatic heterocycles. The van der Waals surface area contributed by atoms with Gasteiger partial charge in [-0.25, -0.2) is 4.98 Å². The molecule has 1 unspecified atom stereocenters. The number of carbonyl (C=O) groups excluding carboxylic acids is 1. The Bertz CT molecular complexity index is 497. The number of aliphatic carboxylic acids is 1. The van der Waals surface area contributed by atoms with Gasteiger partial charge in [0, 0.05) is 17.8 Å². The molecule has 1 atom stereocenters. The Balaban J connectivity index is 2.78. The minimum atomic E-state index is -0.938. The molecule has 1 amide bonds. The fourth-order valence-corrected chi connectivity index (χ4v) is 2.11. The second kappa shape index (κ2) is 6.70. The second-order valence-electron chi connectivity index (χ2n) is 5.90. The second-order valence-corrected chi connectivity index (χ2v) is 6.29. The van der Waals surface area contributed by atoms with E-state index >= 15 is 0 Å². The first-order chi connectivity index (χ1) is 9.17. The predicted molar refractivity (Wildman–Crippen MR) is 76.8 cm³/mol. The van der Waals surface area contributed by atoms with Gasteiger partial charge in [-0.2, -0.15) is 0 Å². The van der Waals surface area contributed by atoms with Gasteiger partial charge in [-0.15, -0.1) is 0 Å². The zero-order valence-corrected chi connectivity index (χ0v) is 12.6. The van der Waals surface area contributed by atoms with E-state index in [4.69, 9.17) is 16.7 Å². The highest BCUT2D eigenvalue weighted by atomic mass is 35.5. The maximum atomic E-state index is 12.1. The van der Waals surface area contributed by atoms with Crippen LogP contribution in [0.3, 0.4) is 0 Å². The number of nitrogens with one attached hydrogen (secondary N) is 1. The van der Waals surface area contributed by atoms with Crippen LogP contribution in [0.25, 0.3) is 0 Å². The van der Waals surface area contributed by atoms with Crippen molar-refractivity contribution in [2.45, 2.75) is 39.7 Å². The number of pyridine rings is 1. The highest BCUT2D eigenvalue weighted by Gasteiger charge is 2.23. The van der Waals surface area contributed by atoms with Gasteiger partial charge in [0.2, 0.25) is 0 Å². The van der Waals surface area contributed by atoms with Gasteiger partial charge >= 0.3 is 5.97 Å². The van der Waals surface area contributed by atoms with Crippen molar-refractivity contribution in [2.24, 2.45) is 5.41 Å². The molecule has 0 saturated carbocycles. The molecule has 0 aliphatic rings. The lowest BCUT2D eigenvalue weighted by atomic mass is 9.87. The lowest BCUT2D eigenvalue weighted by Crippen LogP contribution is -2.39. The van der Waals surface area contributed by atoms with Crippen LogP contribution < -0.4 is 5.32 Å². The predicted octanol–water partition coefficient (Wildman–Crippen LogP) is 2.74. The molecule has 0 radical (unpaired) electrons. The summed E-state index contributed by atoms with van der Waals surface area (Å²) >= 11 is 5.73. The van der Waals surface area contributed by atoms with Crippen molar-refractivity contribution in [2.75, 3.05) is 0 Å². The number of hydrogen-bond acceptors (Lipinski definition) is 3. The number of carboxylic acid groups (broad SMARTS) is 1. The van der Waals surface area contributed by atoms with Crippen LogP contribution in [0.1, 0.15) is 44.0 Å². The Hall–Kier alpha value is -1.62. The van der Waals surface area contributed by atoms with Crippen molar-refractivity contribution in [3.05, 3.63) is 29.0 Å². The summed E-state index contributed by atoms with van der Waals surface area (Å²) in [6.07, 6.45) is 1.90. The van der Waals surface area contributed by atoms with Crippen molar-refractivity contribution in [3.63, 3.8) is 0 Å². The van der Waals surface area contributed by atoms with E-state index in [0.29, 0.717) is 12.0 Å². The van der Waals surface area contributed by atoms with Gasteiger partial charge in [-0.1, -0.05) is 32.4 Å². The van der Waals surface area contributed by atoms with Gasteiger partial charge in [0.1, 0.15) is 5.15 Å². The molecular formula is C14H19ClN2O3. The SMILES string of the molecule is CC(C)(C)CC(CC(=O)O)NC(=O)c1ccnc(Cl)c1. The van der Waals surface area contributed by atoms with Crippen molar-refractivity contribution < 1.29 is 14.7 Å². The summed E-state index contributed by atoms with van der Waals surface area (Å²) in [5.41, 5.74) is 0.290. The summed E-state index contributed by atoms with van der Waals surface area (Å²) in [5, 5.41) is 11.9. The molecule has 2 N–H and O–H groups in total. The number of carbonyl (C=O) groups is 2. The molecule has 0 fully saturated rings. The van der Waals surface area contributed by atoms with Crippen LogP contribution in [0.4, 0.5) is 0 Å². The van der Waals surface area contributed by atoms with Crippen LogP contribution in [0.15, 0.2) is 18.3 Å². The third-order valence-electron chi connectivity index (χ3n) is 2.60. The van der Waals surface area contributed by atoms with Crippen molar-refractivity contribution in [3.8, 4) is 0 Å². The number of halogens is 1. The number of hydrogen-bond donors (Lipinski definition) is 2. The molecule has 0 aliphatic carbocycles. The van der Waals surface area contributed by atoms with E-state index < -0.39 is 12.0 Å². The molecule has 5 nitrogen and oxygen atoms in total. The van der Waals surface area contributed by atoms with E-state index in [-0.39, 0.29) is 22.9 Å². The molecule has 0 bridgehead atoms. The number of amides is 1. The first-order valence-corrected chi connectivity index (χ1v) is 6.69. The quantitative estimate of drug-likeness (QED) is 0.819. The Labute approximate surface area is 123 Å². The van der Waals surface area contributed by atoms with Crippen molar-refractivity contribution in [1.82, 2.24) is 10.3 Å². The van der Waals surface area contributed by atoms with Crippen LogP contribution in [0.2, 0.25) is 5.15 Å². The summed E-state index contributed by atoms with van der Waals surface area (Å²) in [6.45, 7) is 5.99.